The Hall–Kier alpha value is -2.86. The summed E-state index contributed by atoms with van der Waals surface area (Å²) in [6, 6.07) is 17.3. The first-order valence-electron chi connectivity index (χ1n) is 11.9. The number of piperazine rings is 1. The first kappa shape index (κ1) is 21.0. The molecule has 32 heavy (non-hydrogen) atoms. The molecule has 2 aliphatic heterocycles. The third-order valence-electron chi connectivity index (χ3n) is 7.13. The lowest BCUT2D eigenvalue weighted by molar-refractivity contribution is -0.133. The first-order valence-corrected chi connectivity index (χ1v) is 11.9. The van der Waals surface area contributed by atoms with Gasteiger partial charge in [0.15, 0.2) is 0 Å². The molecule has 2 saturated heterocycles. The molecule has 5 rings (SSSR count). The van der Waals surface area contributed by atoms with E-state index in [1.165, 1.54) is 17.7 Å². The topological polar surface area (TPSA) is 44.6 Å². The molecule has 0 unspecified atom stereocenters. The lowest BCUT2D eigenvalue weighted by Gasteiger charge is -2.44. The number of amides is 1. The summed E-state index contributed by atoms with van der Waals surface area (Å²) in [5.41, 5.74) is 4.80. The number of fused-ring (bicyclic) bond motifs is 1. The van der Waals surface area contributed by atoms with Gasteiger partial charge in [0.1, 0.15) is 0 Å². The number of anilines is 1. The maximum absolute atomic E-state index is 13.0. The number of imidazole rings is 1. The van der Waals surface area contributed by atoms with E-state index in [-0.39, 0.29) is 5.91 Å². The first-order chi connectivity index (χ1) is 15.7. The van der Waals surface area contributed by atoms with Crippen molar-refractivity contribution in [3.8, 4) is 0 Å². The lowest BCUT2D eigenvalue weighted by atomic mass is 10.0. The van der Waals surface area contributed by atoms with Crippen LogP contribution >= 0.6 is 0 Å². The summed E-state index contributed by atoms with van der Waals surface area (Å²) in [7, 11) is 0. The third kappa shape index (κ3) is 4.37. The number of rotatable bonds is 5. The highest BCUT2D eigenvalue weighted by atomic mass is 16.2. The minimum Gasteiger partial charge on any atom is -0.369 e. The van der Waals surface area contributed by atoms with E-state index in [9.17, 15) is 4.79 Å². The zero-order valence-electron chi connectivity index (χ0n) is 19.0. The van der Waals surface area contributed by atoms with Crippen molar-refractivity contribution in [1.29, 1.82) is 0 Å². The summed E-state index contributed by atoms with van der Waals surface area (Å²) >= 11 is 0. The second kappa shape index (κ2) is 9.33. The van der Waals surface area contributed by atoms with Gasteiger partial charge >= 0.3 is 0 Å². The van der Waals surface area contributed by atoms with Gasteiger partial charge in [0.25, 0.3) is 0 Å². The fraction of sp³-hybridized carbons (Fsp3) is 0.462. The van der Waals surface area contributed by atoms with E-state index < -0.39 is 0 Å². The van der Waals surface area contributed by atoms with Crippen molar-refractivity contribution in [2.75, 3.05) is 44.2 Å². The molecule has 6 heteroatoms. The van der Waals surface area contributed by atoms with Gasteiger partial charge in [-0.15, -0.1) is 0 Å². The summed E-state index contributed by atoms with van der Waals surface area (Å²) in [5, 5.41) is 0. The fourth-order valence-electron chi connectivity index (χ4n) is 5.29. The van der Waals surface area contributed by atoms with E-state index in [1.54, 1.807) is 0 Å². The maximum Gasteiger partial charge on any atom is 0.224 e. The standard InChI is InChI=1S/C26H33N5O/c1-21-7-2-4-10-24(21)29-17-15-28(16-18-29)22-8-6-13-30(19-22)26(32)12-14-31-20-27-23-9-3-5-11-25(23)31/h2-5,7,9-11,20,22H,6,8,12-19H2,1H3/t22-/m1/s1. The molecule has 0 spiro atoms. The molecule has 3 heterocycles. The van der Waals surface area contributed by atoms with Crippen LogP contribution in [0, 0.1) is 6.92 Å². The van der Waals surface area contributed by atoms with Gasteiger partial charge in [0, 0.05) is 64.0 Å². The van der Waals surface area contributed by atoms with Crippen molar-refractivity contribution in [1.82, 2.24) is 19.4 Å². The normalized spacial score (nSPS) is 20.1. The third-order valence-corrected chi connectivity index (χ3v) is 7.13. The molecule has 0 aliphatic carbocycles. The van der Waals surface area contributed by atoms with Crippen LogP contribution in [-0.2, 0) is 11.3 Å². The summed E-state index contributed by atoms with van der Waals surface area (Å²) in [4.78, 5) is 24.7. The number of carbonyl (C=O) groups excluding carboxylic acids is 1. The number of nitrogens with zero attached hydrogens (tertiary/aromatic N) is 5. The highest BCUT2D eigenvalue weighted by Crippen LogP contribution is 2.24. The van der Waals surface area contributed by atoms with Crippen LogP contribution in [0.4, 0.5) is 5.69 Å². The summed E-state index contributed by atoms with van der Waals surface area (Å²) in [6.07, 6.45) is 4.68. The molecular formula is C26H33N5O. The molecular weight excluding hydrogens is 398 g/mol. The predicted octanol–water partition coefficient (Wildman–Crippen LogP) is 3.55. The minimum atomic E-state index is 0.269. The van der Waals surface area contributed by atoms with Gasteiger partial charge in [-0.05, 0) is 43.5 Å². The molecule has 2 aromatic carbocycles. The molecule has 1 amide bonds. The number of likely N-dealkylation sites (tertiary alicyclic amines) is 1. The van der Waals surface area contributed by atoms with Gasteiger partial charge in [-0.1, -0.05) is 30.3 Å². The Kier molecular flexibility index (Phi) is 6.12. The Labute approximate surface area is 190 Å². The zero-order chi connectivity index (χ0) is 21.9. The van der Waals surface area contributed by atoms with Gasteiger partial charge in [-0.2, -0.15) is 0 Å². The van der Waals surface area contributed by atoms with Crippen molar-refractivity contribution in [2.45, 2.75) is 38.8 Å². The number of aryl methyl sites for hydroxylation is 2. The van der Waals surface area contributed by atoms with Gasteiger partial charge in [0.2, 0.25) is 5.91 Å². The maximum atomic E-state index is 13.0. The summed E-state index contributed by atoms with van der Waals surface area (Å²) < 4.78 is 2.10. The van der Waals surface area contributed by atoms with E-state index in [0.717, 1.165) is 56.7 Å². The molecule has 168 valence electrons. The quantitative estimate of drug-likeness (QED) is 0.620. The van der Waals surface area contributed by atoms with Crippen LogP contribution in [0.3, 0.4) is 0 Å². The molecule has 2 aliphatic rings. The molecule has 0 saturated carbocycles. The second-order valence-electron chi connectivity index (χ2n) is 9.12. The van der Waals surface area contributed by atoms with E-state index in [4.69, 9.17) is 0 Å². The minimum absolute atomic E-state index is 0.269. The Morgan fingerprint density at radius 2 is 1.78 bits per heavy atom. The van der Waals surface area contributed by atoms with E-state index in [0.29, 0.717) is 19.0 Å². The molecule has 1 aromatic heterocycles. The van der Waals surface area contributed by atoms with Gasteiger partial charge in [-0.3, -0.25) is 9.69 Å². The van der Waals surface area contributed by atoms with Crippen LogP contribution < -0.4 is 4.90 Å². The Morgan fingerprint density at radius 1 is 1.00 bits per heavy atom. The van der Waals surface area contributed by atoms with Crippen molar-refractivity contribution in [3.63, 3.8) is 0 Å². The number of benzene rings is 2. The molecule has 6 nitrogen and oxygen atoms in total. The average molecular weight is 432 g/mol. The predicted molar refractivity (Wildman–Crippen MR) is 129 cm³/mol. The van der Waals surface area contributed by atoms with Crippen LogP contribution in [0.1, 0.15) is 24.8 Å². The summed E-state index contributed by atoms with van der Waals surface area (Å²) in [6.45, 7) is 8.90. The molecule has 0 bridgehead atoms. The monoisotopic (exact) mass is 431 g/mol. The van der Waals surface area contributed by atoms with Crippen molar-refractivity contribution in [3.05, 3.63) is 60.4 Å². The van der Waals surface area contributed by atoms with Crippen LogP contribution in [-0.4, -0.2) is 70.6 Å². The van der Waals surface area contributed by atoms with E-state index in [1.807, 2.05) is 24.5 Å². The van der Waals surface area contributed by atoms with E-state index >= 15 is 0 Å². The van der Waals surface area contributed by atoms with Crippen molar-refractivity contribution >= 4 is 22.6 Å². The molecule has 2 fully saturated rings. The van der Waals surface area contributed by atoms with Gasteiger partial charge in [-0.25, -0.2) is 4.98 Å². The van der Waals surface area contributed by atoms with Gasteiger partial charge < -0.3 is 14.4 Å². The van der Waals surface area contributed by atoms with Crippen molar-refractivity contribution < 1.29 is 4.79 Å². The summed E-state index contributed by atoms with van der Waals surface area (Å²) in [5.74, 6) is 0.269. The Morgan fingerprint density at radius 3 is 2.62 bits per heavy atom. The van der Waals surface area contributed by atoms with E-state index in [2.05, 4.69) is 61.5 Å². The van der Waals surface area contributed by atoms with Crippen LogP contribution in [0.15, 0.2) is 54.9 Å². The molecule has 1 atom stereocenters. The Balaban J connectivity index is 1.14. The van der Waals surface area contributed by atoms with Crippen LogP contribution in [0.25, 0.3) is 11.0 Å². The highest BCUT2D eigenvalue weighted by molar-refractivity contribution is 5.77. The smallest absolute Gasteiger partial charge is 0.224 e. The largest absolute Gasteiger partial charge is 0.369 e. The van der Waals surface area contributed by atoms with Crippen LogP contribution in [0.5, 0.6) is 0 Å². The SMILES string of the molecule is Cc1ccccc1N1CCN([C@@H]2CCCN(C(=O)CCn3cnc4ccccc43)C2)CC1. The van der Waals surface area contributed by atoms with Crippen LogP contribution in [0.2, 0.25) is 0 Å². The molecule has 0 N–H and O–H groups in total. The molecule has 0 radical (unpaired) electrons. The fourth-order valence-corrected chi connectivity index (χ4v) is 5.29. The number of carbonyl (C=O) groups is 1. The number of piperidine rings is 1. The highest BCUT2D eigenvalue weighted by Gasteiger charge is 2.30. The average Bonchev–Trinajstić information content (AvgIpc) is 3.26. The Bertz CT molecular complexity index is 1070. The molecule has 3 aromatic rings. The zero-order valence-corrected chi connectivity index (χ0v) is 19.0. The number of hydrogen-bond acceptors (Lipinski definition) is 4. The lowest BCUT2D eigenvalue weighted by Crippen LogP contribution is -2.56. The number of para-hydroxylation sites is 3. The number of aromatic nitrogens is 2. The van der Waals surface area contributed by atoms with Gasteiger partial charge in [0.05, 0.1) is 17.4 Å². The van der Waals surface area contributed by atoms with Crippen molar-refractivity contribution in [2.24, 2.45) is 0 Å². The number of hydrogen-bond donors (Lipinski definition) is 0. The second-order valence-corrected chi connectivity index (χ2v) is 9.12.